The normalized spacial score (nSPS) is 11.2. The fraction of sp³-hybridized carbons (Fsp3) is 0.0345. The van der Waals surface area contributed by atoms with Crippen molar-refractivity contribution in [3.05, 3.63) is 109 Å². The largest absolute Gasteiger partial charge is 0.255 e. The maximum atomic E-state index is 5.09. The Morgan fingerprint density at radius 3 is 1.73 bits per heavy atom. The first kappa shape index (κ1) is 19.3. The Kier molecular flexibility index (Phi) is 4.62. The Bertz CT molecular complexity index is 1600. The van der Waals surface area contributed by atoms with Gasteiger partial charge in [-0.15, -0.1) is 0 Å². The zero-order valence-corrected chi connectivity index (χ0v) is 18.1. The molecule has 4 heteroatoms. The lowest BCUT2D eigenvalue weighted by atomic mass is 9.97. The van der Waals surface area contributed by atoms with Crippen LogP contribution in [0.2, 0.25) is 0 Å². The van der Waals surface area contributed by atoms with Gasteiger partial charge in [-0.2, -0.15) is 0 Å². The van der Waals surface area contributed by atoms with Gasteiger partial charge in [0, 0.05) is 23.2 Å². The molecule has 0 aliphatic carbocycles. The molecule has 0 atom stereocenters. The summed E-state index contributed by atoms with van der Waals surface area (Å²) in [5.41, 5.74) is 8.52. The maximum Gasteiger partial charge on any atom is 0.0979 e. The second-order valence-electron chi connectivity index (χ2n) is 8.03. The molecule has 4 nitrogen and oxygen atoms in total. The van der Waals surface area contributed by atoms with Crippen LogP contribution in [0, 0.1) is 6.92 Å². The van der Waals surface area contributed by atoms with Gasteiger partial charge in [0.15, 0.2) is 0 Å². The number of nitrogens with zero attached hydrogens (tertiary/aromatic N) is 4. The van der Waals surface area contributed by atoms with Gasteiger partial charge in [0.1, 0.15) is 0 Å². The highest BCUT2D eigenvalue weighted by atomic mass is 14.8. The summed E-state index contributed by atoms with van der Waals surface area (Å²) in [5.74, 6) is 0. The lowest BCUT2D eigenvalue weighted by molar-refractivity contribution is 1.26. The summed E-state index contributed by atoms with van der Waals surface area (Å²) in [6.45, 7) is 2.11. The van der Waals surface area contributed by atoms with E-state index in [4.69, 9.17) is 9.97 Å². The van der Waals surface area contributed by atoms with E-state index < -0.39 is 0 Å². The van der Waals surface area contributed by atoms with Crippen molar-refractivity contribution in [1.29, 1.82) is 0 Å². The van der Waals surface area contributed by atoms with Crippen LogP contribution >= 0.6 is 0 Å². The monoisotopic (exact) mass is 424 g/mol. The summed E-state index contributed by atoms with van der Waals surface area (Å²) < 4.78 is 0. The van der Waals surface area contributed by atoms with Gasteiger partial charge in [-0.3, -0.25) is 9.97 Å². The van der Waals surface area contributed by atoms with Gasteiger partial charge in [0.25, 0.3) is 0 Å². The summed E-state index contributed by atoms with van der Waals surface area (Å²) in [6.07, 6.45) is 3.60. The number of hydrogen-bond acceptors (Lipinski definition) is 4. The maximum absolute atomic E-state index is 5.09. The molecule has 0 amide bonds. The summed E-state index contributed by atoms with van der Waals surface area (Å²) in [6, 6.07) is 30.7. The van der Waals surface area contributed by atoms with Crippen LogP contribution in [-0.2, 0) is 0 Å². The molecule has 0 aliphatic heterocycles. The van der Waals surface area contributed by atoms with Crippen molar-refractivity contribution in [2.75, 3.05) is 0 Å². The van der Waals surface area contributed by atoms with E-state index in [2.05, 4.69) is 65.4 Å². The molecule has 2 aromatic carbocycles. The number of fused-ring (bicyclic) bond motifs is 3. The van der Waals surface area contributed by atoms with Crippen LogP contribution in [-0.4, -0.2) is 19.9 Å². The summed E-state index contributed by atoms with van der Waals surface area (Å²) in [4.78, 5) is 19.2. The van der Waals surface area contributed by atoms with Gasteiger partial charge in [-0.05, 0) is 60.0 Å². The molecule has 6 rings (SSSR count). The van der Waals surface area contributed by atoms with E-state index in [0.717, 1.165) is 61.3 Å². The van der Waals surface area contributed by atoms with E-state index in [0.29, 0.717) is 0 Å². The van der Waals surface area contributed by atoms with Crippen molar-refractivity contribution in [1.82, 2.24) is 19.9 Å². The SMILES string of the molecule is Cc1cc(-c2ccccn2)nc2c1ccc1c(-c3ccccc3)cc(-c3ccccn3)nc12. The Morgan fingerprint density at radius 2 is 1.09 bits per heavy atom. The Balaban J connectivity index is 1.72. The van der Waals surface area contributed by atoms with E-state index >= 15 is 0 Å². The minimum absolute atomic E-state index is 0.831. The third kappa shape index (κ3) is 3.42. The number of aryl methyl sites for hydroxylation is 1. The van der Waals surface area contributed by atoms with E-state index in [1.807, 2.05) is 42.5 Å². The standard InChI is InChI=1S/C29H20N4/c1-19-17-26(24-11-5-7-15-30-24)32-28-21(19)13-14-22-23(20-9-3-2-4-10-20)18-27(33-29(22)28)25-12-6-8-16-31-25/h2-18H,1H3. The van der Waals surface area contributed by atoms with Gasteiger partial charge in [0.05, 0.1) is 33.8 Å². The van der Waals surface area contributed by atoms with Crippen LogP contribution < -0.4 is 0 Å². The van der Waals surface area contributed by atoms with Gasteiger partial charge >= 0.3 is 0 Å². The van der Waals surface area contributed by atoms with Gasteiger partial charge in [0.2, 0.25) is 0 Å². The van der Waals surface area contributed by atoms with Crippen LogP contribution in [0.15, 0.2) is 103 Å². The second kappa shape index (κ2) is 7.92. The van der Waals surface area contributed by atoms with Crippen molar-refractivity contribution in [3.8, 4) is 33.9 Å². The van der Waals surface area contributed by atoms with Crippen molar-refractivity contribution in [2.45, 2.75) is 6.92 Å². The molecule has 4 aromatic heterocycles. The molecule has 4 heterocycles. The quantitative estimate of drug-likeness (QED) is 0.291. The molecular weight excluding hydrogens is 404 g/mol. The van der Waals surface area contributed by atoms with E-state index in [1.54, 1.807) is 12.4 Å². The molecule has 0 spiro atoms. The molecular formula is C29H20N4. The third-order valence-corrected chi connectivity index (χ3v) is 5.90. The highest BCUT2D eigenvalue weighted by Gasteiger charge is 2.15. The van der Waals surface area contributed by atoms with Gasteiger partial charge in [-0.25, -0.2) is 9.97 Å². The Hall–Kier alpha value is -4.44. The molecule has 0 N–H and O–H groups in total. The lowest BCUT2D eigenvalue weighted by Crippen LogP contribution is -1.96. The van der Waals surface area contributed by atoms with Crippen molar-refractivity contribution in [2.24, 2.45) is 0 Å². The number of pyridine rings is 4. The number of benzene rings is 2. The molecule has 0 bridgehead atoms. The molecule has 156 valence electrons. The summed E-state index contributed by atoms with van der Waals surface area (Å²) in [5, 5.41) is 2.16. The zero-order valence-electron chi connectivity index (χ0n) is 18.1. The lowest BCUT2D eigenvalue weighted by Gasteiger charge is -2.13. The first-order chi connectivity index (χ1) is 16.3. The highest BCUT2D eigenvalue weighted by Crippen LogP contribution is 2.36. The second-order valence-corrected chi connectivity index (χ2v) is 8.03. The number of hydrogen-bond donors (Lipinski definition) is 0. The fourth-order valence-corrected chi connectivity index (χ4v) is 4.29. The van der Waals surface area contributed by atoms with Gasteiger partial charge in [-0.1, -0.05) is 54.6 Å². The average molecular weight is 425 g/mol. The van der Waals surface area contributed by atoms with Crippen LogP contribution in [0.1, 0.15) is 5.56 Å². The minimum atomic E-state index is 0.831. The number of rotatable bonds is 3. The summed E-state index contributed by atoms with van der Waals surface area (Å²) in [7, 11) is 0. The average Bonchev–Trinajstić information content (AvgIpc) is 2.89. The Morgan fingerprint density at radius 1 is 0.515 bits per heavy atom. The van der Waals surface area contributed by atoms with Crippen LogP contribution in [0.3, 0.4) is 0 Å². The predicted molar refractivity (Wildman–Crippen MR) is 134 cm³/mol. The van der Waals surface area contributed by atoms with E-state index in [1.165, 1.54) is 0 Å². The van der Waals surface area contributed by atoms with E-state index in [-0.39, 0.29) is 0 Å². The molecule has 33 heavy (non-hydrogen) atoms. The van der Waals surface area contributed by atoms with Crippen molar-refractivity contribution >= 4 is 21.8 Å². The van der Waals surface area contributed by atoms with Crippen molar-refractivity contribution < 1.29 is 0 Å². The molecule has 0 unspecified atom stereocenters. The van der Waals surface area contributed by atoms with Crippen LogP contribution in [0.4, 0.5) is 0 Å². The third-order valence-electron chi connectivity index (χ3n) is 5.90. The molecule has 0 radical (unpaired) electrons. The molecule has 0 saturated heterocycles. The first-order valence-corrected chi connectivity index (χ1v) is 10.9. The van der Waals surface area contributed by atoms with Crippen molar-refractivity contribution in [3.63, 3.8) is 0 Å². The molecule has 0 saturated carbocycles. The number of aromatic nitrogens is 4. The smallest absolute Gasteiger partial charge is 0.0979 e. The molecule has 0 aliphatic rings. The van der Waals surface area contributed by atoms with Crippen LogP contribution in [0.5, 0.6) is 0 Å². The molecule has 6 aromatic rings. The van der Waals surface area contributed by atoms with Gasteiger partial charge < -0.3 is 0 Å². The predicted octanol–water partition coefficient (Wildman–Crippen LogP) is 6.88. The fourth-order valence-electron chi connectivity index (χ4n) is 4.29. The summed E-state index contributed by atoms with van der Waals surface area (Å²) >= 11 is 0. The Labute approximate surface area is 191 Å². The van der Waals surface area contributed by atoms with Crippen LogP contribution in [0.25, 0.3) is 55.7 Å². The topological polar surface area (TPSA) is 51.6 Å². The highest BCUT2D eigenvalue weighted by molar-refractivity contribution is 6.10. The molecule has 0 fully saturated rings. The van der Waals surface area contributed by atoms with E-state index in [9.17, 15) is 0 Å². The zero-order chi connectivity index (χ0) is 22.2. The first-order valence-electron chi connectivity index (χ1n) is 10.9. The minimum Gasteiger partial charge on any atom is -0.255 e.